The van der Waals surface area contributed by atoms with Gasteiger partial charge in [0.05, 0.1) is 5.56 Å². The van der Waals surface area contributed by atoms with Crippen molar-refractivity contribution in [3.8, 4) is 34.3 Å². The minimum atomic E-state index is -0.210. The first-order valence-corrected chi connectivity index (χ1v) is 9.97. The molecule has 1 aromatic heterocycles. The summed E-state index contributed by atoms with van der Waals surface area (Å²) in [5, 5.41) is 41.2. The fraction of sp³-hybridized carbons (Fsp3) is 0.280. The Kier molecular flexibility index (Phi) is 6.11. The molecule has 0 radical (unpaired) electrons. The summed E-state index contributed by atoms with van der Waals surface area (Å²) in [4.78, 5) is 0. The topological polar surface area (TPSA) is 94.1 Å². The number of phenolic OH excluding ortho intramolecular Hbond substituents is 4. The van der Waals surface area contributed by atoms with Gasteiger partial charge in [-0.1, -0.05) is 23.3 Å². The van der Waals surface area contributed by atoms with E-state index in [0.29, 0.717) is 34.3 Å². The lowest BCUT2D eigenvalue weighted by atomic mass is 10.0. The molecule has 4 N–H and O–H groups in total. The Balaban J connectivity index is 2.04. The van der Waals surface area contributed by atoms with Gasteiger partial charge in [-0.05, 0) is 65.2 Å². The van der Waals surface area contributed by atoms with Gasteiger partial charge in [-0.2, -0.15) is 0 Å². The summed E-state index contributed by atoms with van der Waals surface area (Å²) in [5.41, 5.74) is 4.60. The number of allylic oxidation sites excluding steroid dienone is 4. The zero-order chi connectivity index (χ0) is 22.0. The molecule has 0 spiro atoms. The normalized spacial score (nSPS) is 11.8. The molecule has 2 aromatic carbocycles. The summed E-state index contributed by atoms with van der Waals surface area (Å²) >= 11 is 0. The molecule has 0 aliphatic heterocycles. The molecular formula is C25H28O5. The molecule has 0 amide bonds. The SMILES string of the molecule is CC(C)=CCCC(C)=CCc1c(O)c(O)cc2c(C)c(-c3ccc(O)cc3O)oc12. The van der Waals surface area contributed by atoms with Crippen molar-refractivity contribution in [1.82, 2.24) is 0 Å². The van der Waals surface area contributed by atoms with Crippen LogP contribution in [0.25, 0.3) is 22.3 Å². The molecule has 0 aliphatic rings. The first-order chi connectivity index (χ1) is 14.2. The molecule has 0 bridgehead atoms. The van der Waals surface area contributed by atoms with Crippen LogP contribution in [-0.4, -0.2) is 20.4 Å². The van der Waals surface area contributed by atoms with E-state index < -0.39 is 0 Å². The van der Waals surface area contributed by atoms with Crippen LogP contribution < -0.4 is 0 Å². The van der Waals surface area contributed by atoms with E-state index in [-0.39, 0.29) is 23.0 Å². The molecule has 0 unspecified atom stereocenters. The third-order valence-electron chi connectivity index (χ3n) is 5.25. The summed E-state index contributed by atoms with van der Waals surface area (Å²) in [5.74, 6) is -0.139. The van der Waals surface area contributed by atoms with Crippen molar-refractivity contribution in [3.05, 3.63) is 58.7 Å². The van der Waals surface area contributed by atoms with Crippen LogP contribution in [0.3, 0.4) is 0 Å². The third-order valence-corrected chi connectivity index (χ3v) is 5.25. The Morgan fingerprint density at radius 2 is 1.70 bits per heavy atom. The lowest BCUT2D eigenvalue weighted by molar-refractivity contribution is 0.400. The molecule has 30 heavy (non-hydrogen) atoms. The molecule has 3 rings (SSSR count). The van der Waals surface area contributed by atoms with Crippen LogP contribution in [0, 0.1) is 6.92 Å². The van der Waals surface area contributed by atoms with Gasteiger partial charge in [0.25, 0.3) is 0 Å². The molecule has 5 heteroatoms. The Labute approximate surface area is 176 Å². The highest BCUT2D eigenvalue weighted by Gasteiger charge is 2.21. The number of benzene rings is 2. The van der Waals surface area contributed by atoms with Gasteiger partial charge in [0.2, 0.25) is 0 Å². The first-order valence-electron chi connectivity index (χ1n) is 9.97. The number of fused-ring (bicyclic) bond motifs is 1. The Morgan fingerprint density at radius 3 is 2.37 bits per heavy atom. The van der Waals surface area contributed by atoms with Gasteiger partial charge in [0, 0.05) is 22.6 Å². The Bertz CT molecular complexity index is 1140. The standard InChI is InChI=1S/C25H28O5/c1-14(2)6-5-7-15(3)8-10-19-23(29)22(28)13-20-16(4)24(30-25(19)20)18-11-9-17(26)12-21(18)27/h6,8-9,11-13,26-29H,5,7,10H2,1-4H3. The van der Waals surface area contributed by atoms with Crippen LogP contribution >= 0.6 is 0 Å². The van der Waals surface area contributed by atoms with E-state index in [9.17, 15) is 20.4 Å². The fourth-order valence-electron chi connectivity index (χ4n) is 3.52. The van der Waals surface area contributed by atoms with Crippen LogP contribution in [0.2, 0.25) is 0 Å². The van der Waals surface area contributed by atoms with Crippen LogP contribution in [-0.2, 0) is 6.42 Å². The molecule has 158 valence electrons. The van der Waals surface area contributed by atoms with Gasteiger partial charge in [0.15, 0.2) is 11.5 Å². The molecule has 0 saturated heterocycles. The van der Waals surface area contributed by atoms with Crippen molar-refractivity contribution >= 4 is 11.0 Å². The quantitative estimate of drug-likeness (QED) is 0.277. The minimum absolute atomic E-state index is 0.0466. The maximum atomic E-state index is 10.5. The van der Waals surface area contributed by atoms with Crippen molar-refractivity contribution in [2.75, 3.05) is 0 Å². The van der Waals surface area contributed by atoms with Crippen molar-refractivity contribution in [2.24, 2.45) is 0 Å². The average Bonchev–Trinajstić information content (AvgIpc) is 2.98. The number of furan rings is 1. The summed E-state index contributed by atoms with van der Waals surface area (Å²) < 4.78 is 6.07. The van der Waals surface area contributed by atoms with E-state index in [1.807, 2.05) is 19.9 Å². The molecule has 0 atom stereocenters. The van der Waals surface area contributed by atoms with E-state index in [2.05, 4.69) is 19.9 Å². The average molecular weight is 408 g/mol. The monoisotopic (exact) mass is 408 g/mol. The maximum absolute atomic E-state index is 10.5. The summed E-state index contributed by atoms with van der Waals surface area (Å²) in [6.07, 6.45) is 6.50. The summed E-state index contributed by atoms with van der Waals surface area (Å²) in [7, 11) is 0. The van der Waals surface area contributed by atoms with Crippen molar-refractivity contribution in [2.45, 2.75) is 47.0 Å². The fourth-order valence-corrected chi connectivity index (χ4v) is 3.52. The summed E-state index contributed by atoms with van der Waals surface area (Å²) in [6.45, 7) is 8.02. The second-order valence-electron chi connectivity index (χ2n) is 7.93. The second kappa shape index (κ2) is 8.57. The van der Waals surface area contributed by atoms with Gasteiger partial charge in [-0.3, -0.25) is 0 Å². The lowest BCUT2D eigenvalue weighted by Gasteiger charge is -2.07. The molecule has 3 aromatic rings. The number of phenols is 4. The van der Waals surface area contributed by atoms with Gasteiger partial charge < -0.3 is 24.8 Å². The Morgan fingerprint density at radius 1 is 0.967 bits per heavy atom. The maximum Gasteiger partial charge on any atom is 0.164 e. The number of aryl methyl sites for hydroxylation is 1. The van der Waals surface area contributed by atoms with Gasteiger partial charge in [0.1, 0.15) is 22.8 Å². The number of aromatic hydroxyl groups is 4. The van der Waals surface area contributed by atoms with E-state index in [1.165, 1.54) is 29.3 Å². The highest BCUT2D eigenvalue weighted by Crippen LogP contribution is 2.44. The number of hydrogen-bond acceptors (Lipinski definition) is 5. The van der Waals surface area contributed by atoms with Gasteiger partial charge >= 0.3 is 0 Å². The highest BCUT2D eigenvalue weighted by molar-refractivity contribution is 5.93. The van der Waals surface area contributed by atoms with Gasteiger partial charge in [-0.25, -0.2) is 0 Å². The molecule has 0 fully saturated rings. The van der Waals surface area contributed by atoms with Crippen LogP contribution in [0.5, 0.6) is 23.0 Å². The highest BCUT2D eigenvalue weighted by atomic mass is 16.3. The smallest absolute Gasteiger partial charge is 0.164 e. The zero-order valence-corrected chi connectivity index (χ0v) is 17.8. The summed E-state index contributed by atoms with van der Waals surface area (Å²) in [6, 6.07) is 5.76. The predicted molar refractivity (Wildman–Crippen MR) is 119 cm³/mol. The number of hydrogen-bond donors (Lipinski definition) is 4. The van der Waals surface area contributed by atoms with Crippen LogP contribution in [0.4, 0.5) is 0 Å². The molecule has 5 nitrogen and oxygen atoms in total. The molecule has 0 aliphatic carbocycles. The third kappa shape index (κ3) is 4.30. The van der Waals surface area contributed by atoms with Crippen LogP contribution in [0.1, 0.15) is 44.7 Å². The lowest BCUT2D eigenvalue weighted by Crippen LogP contribution is -1.87. The molecule has 1 heterocycles. The van der Waals surface area contributed by atoms with Crippen molar-refractivity contribution < 1.29 is 24.8 Å². The van der Waals surface area contributed by atoms with Crippen LogP contribution in [0.15, 0.2) is 52.0 Å². The minimum Gasteiger partial charge on any atom is -0.508 e. The van der Waals surface area contributed by atoms with E-state index in [1.54, 1.807) is 6.07 Å². The second-order valence-corrected chi connectivity index (χ2v) is 7.93. The van der Waals surface area contributed by atoms with E-state index in [0.717, 1.165) is 18.4 Å². The van der Waals surface area contributed by atoms with E-state index in [4.69, 9.17) is 4.42 Å². The first kappa shape index (κ1) is 21.4. The van der Waals surface area contributed by atoms with Crippen molar-refractivity contribution in [3.63, 3.8) is 0 Å². The molecule has 0 saturated carbocycles. The van der Waals surface area contributed by atoms with Crippen molar-refractivity contribution in [1.29, 1.82) is 0 Å². The van der Waals surface area contributed by atoms with E-state index >= 15 is 0 Å². The number of rotatable bonds is 6. The Hall–Kier alpha value is -3.34. The largest absolute Gasteiger partial charge is 0.508 e. The molecular weight excluding hydrogens is 380 g/mol. The predicted octanol–water partition coefficient (Wildman–Crippen LogP) is 6.47. The zero-order valence-electron chi connectivity index (χ0n) is 17.8. The van der Waals surface area contributed by atoms with Gasteiger partial charge in [-0.15, -0.1) is 0 Å².